The first-order valence-corrected chi connectivity index (χ1v) is 7.50. The summed E-state index contributed by atoms with van der Waals surface area (Å²) in [7, 11) is 0. The van der Waals surface area contributed by atoms with Gasteiger partial charge in [-0.1, -0.05) is 18.5 Å². The third kappa shape index (κ3) is 3.36. The summed E-state index contributed by atoms with van der Waals surface area (Å²) in [6, 6.07) is 0.0495. The highest BCUT2D eigenvalue weighted by molar-refractivity contribution is 7.13. The summed E-state index contributed by atoms with van der Waals surface area (Å²) in [6.45, 7) is 5.82. The third-order valence-corrected chi connectivity index (χ3v) is 4.30. The number of thiazole rings is 1. The van der Waals surface area contributed by atoms with Gasteiger partial charge in [-0.2, -0.15) is 0 Å². The van der Waals surface area contributed by atoms with Crippen LogP contribution in [-0.2, 0) is 0 Å². The van der Waals surface area contributed by atoms with Gasteiger partial charge in [0.2, 0.25) is 0 Å². The number of hydrogen-bond acceptors (Lipinski definition) is 6. The molecule has 1 fully saturated rings. The molecule has 2 rings (SSSR count). The lowest BCUT2D eigenvalue weighted by Crippen LogP contribution is -2.54. The van der Waals surface area contributed by atoms with Crippen molar-refractivity contribution in [3.63, 3.8) is 0 Å². The number of rotatable bonds is 5. The zero-order valence-corrected chi connectivity index (χ0v) is 12.0. The maximum absolute atomic E-state index is 8.88. The third-order valence-electron chi connectivity index (χ3n) is 3.46. The van der Waals surface area contributed by atoms with E-state index in [4.69, 9.17) is 10.9 Å². The number of amidine groups is 1. The fraction of sp³-hybridized carbons (Fsp3) is 0.667. The summed E-state index contributed by atoms with van der Waals surface area (Å²) in [5, 5.41) is 15.1. The molecule has 0 amide bonds. The Morgan fingerprint density at radius 1 is 1.53 bits per heavy atom. The van der Waals surface area contributed by atoms with Crippen molar-refractivity contribution in [1.82, 2.24) is 9.88 Å². The average Bonchev–Trinajstić information content (AvgIpc) is 2.98. The zero-order valence-electron chi connectivity index (χ0n) is 11.2. The smallest absolute Gasteiger partial charge is 0.185 e. The Labute approximate surface area is 117 Å². The minimum atomic E-state index is 0.0495. The van der Waals surface area contributed by atoms with Crippen molar-refractivity contribution in [1.29, 1.82) is 0 Å². The Morgan fingerprint density at radius 2 is 2.26 bits per heavy atom. The second-order valence-electron chi connectivity index (χ2n) is 4.67. The molecule has 0 aliphatic carbocycles. The van der Waals surface area contributed by atoms with E-state index in [1.54, 1.807) is 11.3 Å². The lowest BCUT2D eigenvalue weighted by atomic mass is 10.1. The molecule has 1 atom stereocenters. The van der Waals surface area contributed by atoms with Crippen molar-refractivity contribution in [2.75, 3.05) is 31.1 Å². The van der Waals surface area contributed by atoms with Crippen molar-refractivity contribution in [2.45, 2.75) is 25.8 Å². The monoisotopic (exact) mass is 283 g/mol. The van der Waals surface area contributed by atoms with E-state index in [0.717, 1.165) is 44.2 Å². The predicted octanol–water partition coefficient (Wildman–Crippen LogP) is 1.18. The quantitative estimate of drug-likeness (QED) is 0.367. The van der Waals surface area contributed by atoms with Gasteiger partial charge in [-0.05, 0) is 6.42 Å². The standard InChI is InChI=1S/C12H21N5OS/c1-2-3-10(11(13)15-18)16-5-7-17(8-6-16)12-14-4-9-19-12/h4,9-10,18H,2-3,5-8H2,1H3,(H2,13,15). The van der Waals surface area contributed by atoms with Gasteiger partial charge in [0.05, 0.1) is 6.04 Å². The Hall–Kier alpha value is -1.34. The minimum absolute atomic E-state index is 0.0495. The molecule has 0 spiro atoms. The molecule has 0 bridgehead atoms. The summed E-state index contributed by atoms with van der Waals surface area (Å²) in [4.78, 5) is 8.92. The summed E-state index contributed by atoms with van der Waals surface area (Å²) in [6.07, 6.45) is 3.78. The number of nitrogens with zero attached hydrogens (tertiary/aromatic N) is 4. The molecule has 0 saturated carbocycles. The lowest BCUT2D eigenvalue weighted by Gasteiger charge is -2.38. The molecular formula is C12H21N5OS. The van der Waals surface area contributed by atoms with Crippen molar-refractivity contribution in [3.05, 3.63) is 11.6 Å². The van der Waals surface area contributed by atoms with Crippen LogP contribution >= 0.6 is 11.3 Å². The van der Waals surface area contributed by atoms with Gasteiger partial charge in [0, 0.05) is 37.8 Å². The first kappa shape index (κ1) is 14.1. The van der Waals surface area contributed by atoms with Crippen LogP contribution in [0.2, 0.25) is 0 Å². The summed E-state index contributed by atoms with van der Waals surface area (Å²) < 4.78 is 0. The van der Waals surface area contributed by atoms with Crippen molar-refractivity contribution >= 4 is 22.3 Å². The van der Waals surface area contributed by atoms with Crippen LogP contribution in [0.3, 0.4) is 0 Å². The van der Waals surface area contributed by atoms with Crippen LogP contribution in [-0.4, -0.2) is 53.1 Å². The van der Waals surface area contributed by atoms with E-state index in [-0.39, 0.29) is 6.04 Å². The second-order valence-corrected chi connectivity index (χ2v) is 5.54. The second kappa shape index (κ2) is 6.72. The molecule has 1 saturated heterocycles. The maximum atomic E-state index is 8.88. The number of hydrogen-bond donors (Lipinski definition) is 2. The minimum Gasteiger partial charge on any atom is -0.409 e. The van der Waals surface area contributed by atoms with Crippen LogP contribution in [0.15, 0.2) is 16.7 Å². The fourth-order valence-electron chi connectivity index (χ4n) is 2.45. The van der Waals surface area contributed by atoms with E-state index in [9.17, 15) is 0 Å². The zero-order chi connectivity index (χ0) is 13.7. The van der Waals surface area contributed by atoms with E-state index in [1.807, 2.05) is 11.6 Å². The molecular weight excluding hydrogens is 262 g/mol. The number of nitrogens with two attached hydrogens (primary N) is 1. The molecule has 7 heteroatoms. The van der Waals surface area contributed by atoms with Gasteiger partial charge < -0.3 is 15.8 Å². The molecule has 6 nitrogen and oxygen atoms in total. The molecule has 19 heavy (non-hydrogen) atoms. The molecule has 3 N–H and O–H groups in total. The molecule has 2 heterocycles. The van der Waals surface area contributed by atoms with Crippen LogP contribution in [0.25, 0.3) is 0 Å². The Morgan fingerprint density at radius 3 is 2.79 bits per heavy atom. The summed E-state index contributed by atoms with van der Waals surface area (Å²) >= 11 is 1.67. The first-order chi connectivity index (χ1) is 9.26. The van der Waals surface area contributed by atoms with Crippen molar-refractivity contribution in [2.24, 2.45) is 10.9 Å². The molecule has 1 aromatic heterocycles. The Kier molecular flexibility index (Phi) is 4.98. The molecule has 0 aromatic carbocycles. The molecule has 0 radical (unpaired) electrons. The van der Waals surface area contributed by atoms with Gasteiger partial charge in [-0.25, -0.2) is 4.98 Å². The van der Waals surface area contributed by atoms with Crippen LogP contribution in [0.4, 0.5) is 5.13 Å². The van der Waals surface area contributed by atoms with Crippen LogP contribution in [0, 0.1) is 0 Å². The topological polar surface area (TPSA) is 78.0 Å². The molecule has 1 aromatic rings. The molecule has 1 aliphatic heterocycles. The predicted molar refractivity (Wildman–Crippen MR) is 78.0 cm³/mol. The van der Waals surface area contributed by atoms with Crippen LogP contribution < -0.4 is 10.6 Å². The van der Waals surface area contributed by atoms with Gasteiger partial charge in [0.25, 0.3) is 0 Å². The normalized spacial score (nSPS) is 19.6. The van der Waals surface area contributed by atoms with Gasteiger partial charge in [-0.3, -0.25) is 4.90 Å². The lowest BCUT2D eigenvalue weighted by molar-refractivity contribution is 0.211. The highest BCUT2D eigenvalue weighted by Crippen LogP contribution is 2.20. The first-order valence-electron chi connectivity index (χ1n) is 6.62. The fourth-order valence-corrected chi connectivity index (χ4v) is 3.15. The highest BCUT2D eigenvalue weighted by Gasteiger charge is 2.26. The number of anilines is 1. The van der Waals surface area contributed by atoms with E-state index < -0.39 is 0 Å². The van der Waals surface area contributed by atoms with Crippen molar-refractivity contribution < 1.29 is 5.21 Å². The number of piperazine rings is 1. The number of aromatic nitrogens is 1. The van der Waals surface area contributed by atoms with Crippen LogP contribution in [0.1, 0.15) is 19.8 Å². The van der Waals surface area contributed by atoms with Gasteiger partial charge in [0.1, 0.15) is 0 Å². The SMILES string of the molecule is CCCC(C(N)=NO)N1CCN(c2nccs2)CC1. The maximum Gasteiger partial charge on any atom is 0.185 e. The van der Waals surface area contributed by atoms with Gasteiger partial charge in [-0.15, -0.1) is 11.3 Å². The molecule has 1 aliphatic rings. The summed E-state index contributed by atoms with van der Waals surface area (Å²) in [5.41, 5.74) is 5.80. The molecule has 106 valence electrons. The number of oxime groups is 1. The van der Waals surface area contributed by atoms with E-state index in [0.29, 0.717) is 5.84 Å². The molecule has 1 unspecified atom stereocenters. The highest BCUT2D eigenvalue weighted by atomic mass is 32.1. The van der Waals surface area contributed by atoms with Crippen molar-refractivity contribution in [3.8, 4) is 0 Å². The average molecular weight is 283 g/mol. The Balaban J connectivity index is 1.94. The largest absolute Gasteiger partial charge is 0.409 e. The van der Waals surface area contributed by atoms with E-state index in [1.165, 1.54) is 0 Å². The van der Waals surface area contributed by atoms with E-state index >= 15 is 0 Å². The van der Waals surface area contributed by atoms with Crippen LogP contribution in [0.5, 0.6) is 0 Å². The van der Waals surface area contributed by atoms with Gasteiger partial charge >= 0.3 is 0 Å². The summed E-state index contributed by atoms with van der Waals surface area (Å²) in [5.74, 6) is 0.324. The Bertz CT molecular complexity index is 400. The van der Waals surface area contributed by atoms with E-state index in [2.05, 4.69) is 26.9 Å². The van der Waals surface area contributed by atoms with Gasteiger partial charge in [0.15, 0.2) is 11.0 Å².